The summed E-state index contributed by atoms with van der Waals surface area (Å²) >= 11 is 1.67. The lowest BCUT2D eigenvalue weighted by Crippen LogP contribution is -2.05. The molecule has 188 valence electrons. The minimum Gasteiger partial charge on any atom is -0.289 e. The van der Waals surface area contributed by atoms with Crippen LogP contribution in [0, 0.1) is 25.5 Å². The van der Waals surface area contributed by atoms with Crippen molar-refractivity contribution in [3.8, 4) is 0 Å². The van der Waals surface area contributed by atoms with Crippen molar-refractivity contribution in [2.24, 2.45) is 0 Å². The third-order valence-electron chi connectivity index (χ3n) is 6.14. The van der Waals surface area contributed by atoms with Crippen LogP contribution < -0.4 is 0 Å². The maximum atomic E-state index is 13.6. The first-order chi connectivity index (χ1) is 18.4. The average Bonchev–Trinajstić information content (AvgIpc) is 2.93. The van der Waals surface area contributed by atoms with Gasteiger partial charge in [-0.25, -0.2) is 8.78 Å². The van der Waals surface area contributed by atoms with Gasteiger partial charge in [-0.1, -0.05) is 42.1 Å². The maximum Gasteiger partial charge on any atom is 0.193 e. The van der Waals surface area contributed by atoms with Crippen LogP contribution in [0.15, 0.2) is 140 Å². The number of carbonyl (C=O) groups excluding carboxylic acids is 1. The quantitative estimate of drug-likeness (QED) is 0.152. The Labute approximate surface area is 228 Å². The van der Waals surface area contributed by atoms with E-state index < -0.39 is 10.9 Å². The second-order valence-corrected chi connectivity index (χ2v) is 12.0. The molecule has 0 saturated carbocycles. The van der Waals surface area contributed by atoms with Crippen LogP contribution in [0.4, 0.5) is 8.78 Å². The van der Waals surface area contributed by atoms with Crippen molar-refractivity contribution in [3.63, 3.8) is 0 Å². The van der Waals surface area contributed by atoms with Crippen LogP contribution in [0.2, 0.25) is 0 Å². The van der Waals surface area contributed by atoms with Crippen molar-refractivity contribution in [1.29, 1.82) is 0 Å². The molecule has 5 aromatic rings. The molecule has 0 radical (unpaired) electrons. The molecule has 0 amide bonds. The molecular formula is C33H25F2OS2+. The Kier molecular flexibility index (Phi) is 7.77. The van der Waals surface area contributed by atoms with Crippen molar-refractivity contribution >= 4 is 28.4 Å². The fourth-order valence-corrected chi connectivity index (χ4v) is 7.30. The highest BCUT2D eigenvalue weighted by Crippen LogP contribution is 2.37. The van der Waals surface area contributed by atoms with Gasteiger partial charge in [-0.15, -0.1) is 0 Å². The van der Waals surface area contributed by atoms with E-state index in [9.17, 15) is 13.6 Å². The second-order valence-electron chi connectivity index (χ2n) is 8.92. The summed E-state index contributed by atoms with van der Waals surface area (Å²) in [5.74, 6) is -0.554. The van der Waals surface area contributed by atoms with Gasteiger partial charge in [0.25, 0.3) is 0 Å². The van der Waals surface area contributed by atoms with Crippen LogP contribution in [0.1, 0.15) is 27.0 Å². The molecule has 0 aliphatic rings. The molecule has 1 nitrogen and oxygen atoms in total. The molecule has 0 saturated heterocycles. The lowest BCUT2D eigenvalue weighted by atomic mass is 9.99. The summed E-state index contributed by atoms with van der Waals surface area (Å²) in [7, 11) is -0.501. The van der Waals surface area contributed by atoms with E-state index in [1.807, 2.05) is 56.3 Å². The Hall–Kier alpha value is -3.67. The molecule has 5 aromatic carbocycles. The van der Waals surface area contributed by atoms with Crippen LogP contribution in [0.3, 0.4) is 0 Å². The fourth-order valence-electron chi connectivity index (χ4n) is 4.31. The molecule has 0 N–H and O–H groups in total. The van der Waals surface area contributed by atoms with Crippen LogP contribution in [-0.2, 0) is 10.9 Å². The minimum atomic E-state index is -0.501. The van der Waals surface area contributed by atoms with Gasteiger partial charge in [-0.2, -0.15) is 0 Å². The van der Waals surface area contributed by atoms with Crippen molar-refractivity contribution in [2.75, 3.05) is 0 Å². The Morgan fingerprint density at radius 1 is 0.605 bits per heavy atom. The van der Waals surface area contributed by atoms with Gasteiger partial charge in [-0.3, -0.25) is 4.79 Å². The standard InChI is InChI=1S/C33H25F2OS2/c1-22-20-25(32(36)24-6-4-3-5-7-24)21-23(2)33(22)37-28-12-18-31(19-13-28)38(29-14-8-26(34)9-15-29)30-16-10-27(35)11-17-30/h3-21H,1-2H3/q+1. The van der Waals surface area contributed by atoms with Crippen molar-refractivity contribution < 1.29 is 13.6 Å². The first kappa shape index (κ1) is 26.0. The van der Waals surface area contributed by atoms with Crippen LogP contribution >= 0.6 is 11.8 Å². The lowest BCUT2D eigenvalue weighted by Gasteiger charge is -2.13. The average molecular weight is 540 g/mol. The third kappa shape index (κ3) is 5.74. The van der Waals surface area contributed by atoms with Gasteiger partial charge < -0.3 is 0 Å². The molecule has 0 aliphatic heterocycles. The summed E-state index contributed by atoms with van der Waals surface area (Å²) in [6, 6.07) is 34.5. The molecule has 0 aliphatic carbocycles. The largest absolute Gasteiger partial charge is 0.289 e. The van der Waals surface area contributed by atoms with Crippen LogP contribution in [-0.4, -0.2) is 5.78 Å². The number of rotatable bonds is 7. The number of carbonyl (C=O) groups is 1. The van der Waals surface area contributed by atoms with Crippen LogP contribution in [0.25, 0.3) is 0 Å². The van der Waals surface area contributed by atoms with E-state index in [-0.39, 0.29) is 17.4 Å². The Morgan fingerprint density at radius 3 is 1.53 bits per heavy atom. The van der Waals surface area contributed by atoms with Gasteiger partial charge in [-0.05, 0) is 110 Å². The van der Waals surface area contributed by atoms with Gasteiger partial charge in [0, 0.05) is 20.9 Å². The van der Waals surface area contributed by atoms with Crippen molar-refractivity contribution in [1.82, 2.24) is 0 Å². The summed E-state index contributed by atoms with van der Waals surface area (Å²) in [6.45, 7) is 4.07. The molecule has 0 heterocycles. The van der Waals surface area contributed by atoms with Crippen molar-refractivity contribution in [3.05, 3.63) is 149 Å². The number of hydrogen-bond acceptors (Lipinski definition) is 2. The highest BCUT2D eigenvalue weighted by molar-refractivity contribution is 7.99. The molecule has 0 atom stereocenters. The molecule has 5 heteroatoms. The van der Waals surface area contributed by atoms with Gasteiger partial charge in [0.2, 0.25) is 0 Å². The van der Waals surface area contributed by atoms with Gasteiger partial charge in [0.05, 0.1) is 10.9 Å². The Balaban J connectivity index is 1.42. The topological polar surface area (TPSA) is 17.1 Å². The third-order valence-corrected chi connectivity index (χ3v) is 9.72. The van der Waals surface area contributed by atoms with Gasteiger partial charge in [0.15, 0.2) is 20.5 Å². The van der Waals surface area contributed by atoms with E-state index in [0.29, 0.717) is 11.1 Å². The summed E-state index contributed by atoms with van der Waals surface area (Å²) < 4.78 is 27.2. The summed E-state index contributed by atoms with van der Waals surface area (Å²) in [5, 5.41) is 0. The molecule has 38 heavy (non-hydrogen) atoms. The van der Waals surface area contributed by atoms with E-state index in [2.05, 4.69) is 24.3 Å². The maximum absolute atomic E-state index is 13.6. The number of halogens is 2. The number of ketones is 1. The number of aryl methyl sites for hydroxylation is 2. The second kappa shape index (κ2) is 11.4. The zero-order valence-electron chi connectivity index (χ0n) is 21.0. The van der Waals surface area contributed by atoms with E-state index >= 15 is 0 Å². The minimum absolute atomic E-state index is 0.0197. The molecule has 0 unspecified atom stereocenters. The summed E-state index contributed by atoms with van der Waals surface area (Å²) in [4.78, 5) is 18.1. The first-order valence-corrected chi connectivity index (χ1v) is 14.2. The van der Waals surface area contributed by atoms with Crippen molar-refractivity contribution in [2.45, 2.75) is 38.3 Å². The Morgan fingerprint density at radius 2 is 1.05 bits per heavy atom. The SMILES string of the molecule is Cc1cc(C(=O)c2ccccc2)cc(C)c1Sc1ccc([S+](c2ccc(F)cc2)c2ccc(F)cc2)cc1. The predicted molar refractivity (Wildman–Crippen MR) is 151 cm³/mol. The zero-order chi connectivity index (χ0) is 26.6. The monoisotopic (exact) mass is 539 g/mol. The highest BCUT2D eigenvalue weighted by Gasteiger charge is 2.29. The van der Waals surface area contributed by atoms with Gasteiger partial charge in [0.1, 0.15) is 11.6 Å². The molecule has 0 aromatic heterocycles. The van der Waals surface area contributed by atoms with Crippen LogP contribution in [0.5, 0.6) is 0 Å². The first-order valence-electron chi connectivity index (χ1n) is 12.1. The summed E-state index contributed by atoms with van der Waals surface area (Å²) in [5.41, 5.74) is 3.47. The number of benzene rings is 5. The molecular weight excluding hydrogens is 514 g/mol. The van der Waals surface area contributed by atoms with E-state index in [0.717, 1.165) is 35.6 Å². The number of hydrogen-bond donors (Lipinski definition) is 0. The summed E-state index contributed by atoms with van der Waals surface area (Å²) in [6.07, 6.45) is 0. The van der Waals surface area contributed by atoms with E-state index in [1.54, 1.807) is 36.0 Å². The fraction of sp³-hybridized carbons (Fsp3) is 0.0606. The molecule has 0 spiro atoms. The highest BCUT2D eigenvalue weighted by atomic mass is 32.2. The van der Waals surface area contributed by atoms with E-state index in [1.165, 1.54) is 24.3 Å². The predicted octanol–water partition coefficient (Wildman–Crippen LogP) is 9.06. The lowest BCUT2D eigenvalue weighted by molar-refractivity contribution is 0.103. The molecule has 5 rings (SSSR count). The smallest absolute Gasteiger partial charge is 0.193 e. The molecule has 0 fully saturated rings. The van der Waals surface area contributed by atoms with Gasteiger partial charge >= 0.3 is 0 Å². The zero-order valence-corrected chi connectivity index (χ0v) is 22.6. The normalized spacial score (nSPS) is 11.1. The van der Waals surface area contributed by atoms with E-state index in [4.69, 9.17) is 0 Å². The Bertz CT molecular complexity index is 1490. The molecule has 0 bridgehead atoms.